The first-order chi connectivity index (χ1) is 19.6. The normalized spacial score (nSPS) is 15.9. The second kappa shape index (κ2) is 12.7. The first-order valence-electron chi connectivity index (χ1n) is 14.7. The van der Waals surface area contributed by atoms with Gasteiger partial charge in [-0.1, -0.05) is 89.0 Å². The molecule has 6 heteroatoms. The average Bonchev–Trinajstić information content (AvgIpc) is 2.91. The van der Waals surface area contributed by atoms with Crippen LogP contribution >= 0.6 is 10.8 Å². The molecule has 1 heterocycles. The van der Waals surface area contributed by atoms with Gasteiger partial charge in [-0.15, -0.1) is 10.8 Å². The fourth-order valence-corrected chi connectivity index (χ4v) is 8.01. The molecule has 1 aliphatic rings. The summed E-state index contributed by atoms with van der Waals surface area (Å²) in [6.07, 6.45) is 0.860. The maximum atomic E-state index is 11.8. The number of aryl methyl sites for hydroxylation is 4. The van der Waals surface area contributed by atoms with Crippen molar-refractivity contribution in [2.24, 2.45) is 0 Å². The highest BCUT2D eigenvalue weighted by Crippen LogP contribution is 2.53. The molecule has 1 fully saturated rings. The Morgan fingerprint density at radius 1 is 0.732 bits per heavy atom. The zero-order valence-electron chi connectivity index (χ0n) is 25.0. The van der Waals surface area contributed by atoms with Gasteiger partial charge in [0.1, 0.15) is 19.6 Å². The molecule has 2 N–H and O–H groups in total. The van der Waals surface area contributed by atoms with Crippen molar-refractivity contribution >= 4 is 21.5 Å². The van der Waals surface area contributed by atoms with Crippen LogP contribution in [0.3, 0.4) is 0 Å². The lowest BCUT2D eigenvalue weighted by Crippen LogP contribution is -2.55. The highest BCUT2D eigenvalue weighted by atomic mass is 32.3. The van der Waals surface area contributed by atoms with Gasteiger partial charge < -0.3 is 9.22 Å². The van der Waals surface area contributed by atoms with Crippen molar-refractivity contribution in [1.29, 1.82) is 0 Å². The van der Waals surface area contributed by atoms with E-state index in [-0.39, 0.29) is 0 Å². The number of quaternary nitrogens is 1. The monoisotopic (exact) mass is 573 g/mol. The highest BCUT2D eigenvalue weighted by Gasteiger charge is 2.32. The van der Waals surface area contributed by atoms with Crippen LogP contribution in [-0.4, -0.2) is 57.3 Å². The molecule has 4 aromatic rings. The Hall–Kier alpha value is -2.71. The van der Waals surface area contributed by atoms with Crippen LogP contribution in [0.2, 0.25) is 0 Å². The minimum atomic E-state index is -3.21. The molecule has 218 valence electrons. The van der Waals surface area contributed by atoms with E-state index >= 15 is 0 Å². The molecule has 0 radical (unpaired) electrons. The molecule has 0 aromatic heterocycles. The van der Waals surface area contributed by atoms with Crippen LogP contribution < -0.4 is 0 Å². The van der Waals surface area contributed by atoms with Gasteiger partial charge in [-0.2, -0.15) is 4.31 Å². The van der Waals surface area contributed by atoms with Crippen molar-refractivity contribution < 1.29 is 18.3 Å². The van der Waals surface area contributed by atoms with Crippen molar-refractivity contribution in [3.63, 3.8) is 0 Å². The van der Waals surface area contributed by atoms with Gasteiger partial charge >= 0.3 is 0 Å². The number of benzene rings is 4. The molecular weight excluding hydrogens is 528 g/mol. The van der Waals surface area contributed by atoms with Crippen LogP contribution in [0.5, 0.6) is 0 Å². The average molecular weight is 574 g/mol. The van der Waals surface area contributed by atoms with Gasteiger partial charge in [0.25, 0.3) is 0 Å². The fourth-order valence-electron chi connectivity index (χ4n) is 6.47. The summed E-state index contributed by atoms with van der Waals surface area (Å²) < 4.78 is 32.4. The first-order valence-corrected chi connectivity index (χ1v) is 16.2. The highest BCUT2D eigenvalue weighted by molar-refractivity contribution is 8.22. The van der Waals surface area contributed by atoms with E-state index in [9.17, 15) is 9.11 Å². The molecule has 0 spiro atoms. The Balaban J connectivity index is 1.40. The largest absolute Gasteiger partial charge is 0.370 e. The van der Waals surface area contributed by atoms with Gasteiger partial charge in [0.05, 0.1) is 24.7 Å². The van der Waals surface area contributed by atoms with Crippen LogP contribution in [0.25, 0.3) is 10.8 Å². The molecule has 0 saturated carbocycles. The van der Waals surface area contributed by atoms with E-state index in [2.05, 4.69) is 70.2 Å². The van der Waals surface area contributed by atoms with Crippen molar-refractivity contribution in [3.05, 3.63) is 112 Å². The standard InChI is InChI=1S/C35H44N2O3S/c1-27-18-28(2)21-31(20-27)25-36(41(38,39)35-11-10-33-8-5-6-9-34(33)24-35)12-7-13-37(14-16-40-17-15-37)26-32-22-29(3)19-30(4)23-32/h5-6,8-11,18-24H,7,12-17,25-26H2,1-4H3,(H-,38,39)/p+1. The van der Waals surface area contributed by atoms with Crippen LogP contribution in [0, 0.1) is 27.7 Å². The lowest BCUT2D eigenvalue weighted by Gasteiger charge is -2.45. The molecule has 41 heavy (non-hydrogen) atoms. The first kappa shape index (κ1) is 29.8. The summed E-state index contributed by atoms with van der Waals surface area (Å²) in [5.41, 5.74) is 7.46. The maximum absolute atomic E-state index is 11.8. The van der Waals surface area contributed by atoms with Gasteiger partial charge in [0, 0.05) is 25.1 Å². The molecule has 5 nitrogen and oxygen atoms in total. The number of fused-ring (bicyclic) bond motifs is 1. The number of hydrogen-bond donors (Lipinski definition) is 2. The summed E-state index contributed by atoms with van der Waals surface area (Å²) in [6.45, 7) is 15.0. The topological polar surface area (TPSA) is 52.9 Å². The molecule has 0 aliphatic carbocycles. The van der Waals surface area contributed by atoms with Crippen molar-refractivity contribution in [1.82, 2.24) is 4.31 Å². The number of morpholine rings is 1. The third kappa shape index (κ3) is 7.39. The second-order valence-corrected chi connectivity index (χ2v) is 14.0. The smallest absolute Gasteiger partial charge is 0.105 e. The molecule has 1 aliphatic heterocycles. The zero-order valence-corrected chi connectivity index (χ0v) is 25.8. The van der Waals surface area contributed by atoms with Crippen LogP contribution in [0.1, 0.15) is 39.8 Å². The third-order valence-corrected chi connectivity index (χ3v) is 10.2. The number of hydrogen-bond acceptors (Lipinski definition) is 4. The van der Waals surface area contributed by atoms with Gasteiger partial charge in [-0.05, 0) is 56.2 Å². The summed E-state index contributed by atoms with van der Waals surface area (Å²) >= 11 is 0. The fraction of sp³-hybridized carbons (Fsp3) is 0.371. The quantitative estimate of drug-likeness (QED) is 0.189. The second-order valence-electron chi connectivity index (χ2n) is 12.0. The summed E-state index contributed by atoms with van der Waals surface area (Å²) in [5.74, 6) is 0. The molecule has 0 unspecified atom stereocenters. The molecule has 0 atom stereocenters. The Morgan fingerprint density at radius 2 is 1.32 bits per heavy atom. The van der Waals surface area contributed by atoms with Crippen molar-refractivity contribution in [2.45, 2.75) is 52.1 Å². The van der Waals surface area contributed by atoms with E-state index in [1.165, 1.54) is 27.8 Å². The SMILES string of the molecule is Cc1cc(C)cc(CN(CCC[N+]2(Cc3cc(C)cc(C)c3)CCOCC2)S(O)(O)c2ccc3ccccc3c2)c1. The lowest BCUT2D eigenvalue weighted by molar-refractivity contribution is -0.947. The van der Waals surface area contributed by atoms with Crippen LogP contribution in [0.15, 0.2) is 83.8 Å². The van der Waals surface area contributed by atoms with Gasteiger partial charge in [-0.25, -0.2) is 0 Å². The summed E-state index contributed by atoms with van der Waals surface area (Å²) in [4.78, 5) is 0.575. The van der Waals surface area contributed by atoms with Crippen LogP contribution in [-0.2, 0) is 17.8 Å². The van der Waals surface area contributed by atoms with E-state index in [4.69, 9.17) is 4.74 Å². The van der Waals surface area contributed by atoms with E-state index in [1.54, 1.807) is 0 Å². The summed E-state index contributed by atoms with van der Waals surface area (Å²) in [7, 11) is -3.21. The van der Waals surface area contributed by atoms with Gasteiger partial charge in [0.15, 0.2) is 0 Å². The van der Waals surface area contributed by atoms with E-state index in [0.29, 0.717) is 18.0 Å². The molecule has 0 bridgehead atoms. The molecule has 1 saturated heterocycles. The van der Waals surface area contributed by atoms with Gasteiger partial charge in [-0.3, -0.25) is 9.11 Å². The van der Waals surface area contributed by atoms with E-state index in [0.717, 1.165) is 66.6 Å². The Labute approximate surface area is 247 Å². The van der Waals surface area contributed by atoms with E-state index in [1.807, 2.05) is 40.7 Å². The predicted octanol–water partition coefficient (Wildman–Crippen LogP) is 8.04. The summed E-state index contributed by atoms with van der Waals surface area (Å²) in [6, 6.07) is 27.2. The zero-order chi connectivity index (χ0) is 29.0. The minimum absolute atomic E-state index is 0.484. The van der Waals surface area contributed by atoms with Gasteiger partial charge in [0.2, 0.25) is 0 Å². The Kier molecular flexibility index (Phi) is 9.19. The number of nitrogens with zero attached hydrogens (tertiary/aromatic N) is 2. The van der Waals surface area contributed by atoms with Crippen LogP contribution in [0.4, 0.5) is 0 Å². The summed E-state index contributed by atoms with van der Waals surface area (Å²) in [5, 5.41) is 2.11. The minimum Gasteiger partial charge on any atom is -0.370 e. The Morgan fingerprint density at radius 3 is 1.95 bits per heavy atom. The van der Waals surface area contributed by atoms with Crippen molar-refractivity contribution in [2.75, 3.05) is 39.4 Å². The molecular formula is C35H45N2O3S+. The molecule has 4 aromatic carbocycles. The maximum Gasteiger partial charge on any atom is 0.105 e. The predicted molar refractivity (Wildman–Crippen MR) is 171 cm³/mol. The van der Waals surface area contributed by atoms with Crippen molar-refractivity contribution in [3.8, 4) is 0 Å². The number of ether oxygens (including phenoxy) is 1. The molecule has 5 rings (SSSR count). The number of rotatable bonds is 10. The molecule has 0 amide bonds. The lowest BCUT2D eigenvalue weighted by atomic mass is 10.1. The third-order valence-electron chi connectivity index (χ3n) is 8.30. The Bertz CT molecular complexity index is 1460. The van der Waals surface area contributed by atoms with E-state index < -0.39 is 10.8 Å².